The smallest absolute Gasteiger partial charge is 0.229 e. The van der Waals surface area contributed by atoms with Crippen molar-refractivity contribution in [1.29, 1.82) is 0 Å². The first-order valence-corrected chi connectivity index (χ1v) is 6.06. The second-order valence-corrected chi connectivity index (χ2v) is 4.54. The zero-order valence-corrected chi connectivity index (χ0v) is 10.5. The number of halogens is 1. The molecular formula is C12H15ClN2O2. The van der Waals surface area contributed by atoms with Gasteiger partial charge < -0.3 is 10.1 Å². The number of carbonyl (C=O) groups excluding carboxylic acids is 1. The van der Waals surface area contributed by atoms with Crippen LogP contribution in [0, 0.1) is 12.8 Å². The predicted molar refractivity (Wildman–Crippen MR) is 66.2 cm³/mol. The van der Waals surface area contributed by atoms with Gasteiger partial charge in [-0.3, -0.25) is 9.78 Å². The Labute approximate surface area is 105 Å². The van der Waals surface area contributed by atoms with Crippen molar-refractivity contribution in [3.63, 3.8) is 0 Å². The Bertz CT molecular complexity index is 417. The SMILES string of the molecule is Cc1nccc(NC(=O)C2CCCOC2)c1Cl. The van der Waals surface area contributed by atoms with Crippen LogP contribution in [0.1, 0.15) is 18.5 Å². The van der Waals surface area contributed by atoms with Crippen LogP contribution in [0.15, 0.2) is 12.3 Å². The number of aromatic nitrogens is 1. The summed E-state index contributed by atoms with van der Waals surface area (Å²) >= 11 is 6.07. The van der Waals surface area contributed by atoms with Crippen LogP contribution >= 0.6 is 11.6 Å². The largest absolute Gasteiger partial charge is 0.381 e. The van der Waals surface area contributed by atoms with Crippen LogP contribution in [0.3, 0.4) is 0 Å². The fourth-order valence-electron chi connectivity index (χ4n) is 1.83. The first-order valence-electron chi connectivity index (χ1n) is 5.68. The summed E-state index contributed by atoms with van der Waals surface area (Å²) in [5.74, 6) is -0.106. The summed E-state index contributed by atoms with van der Waals surface area (Å²) in [6.45, 7) is 3.05. The quantitative estimate of drug-likeness (QED) is 0.882. The summed E-state index contributed by atoms with van der Waals surface area (Å²) in [6.07, 6.45) is 3.43. The molecular weight excluding hydrogens is 240 g/mol. The maximum Gasteiger partial charge on any atom is 0.229 e. The highest BCUT2D eigenvalue weighted by atomic mass is 35.5. The number of hydrogen-bond acceptors (Lipinski definition) is 3. The van der Waals surface area contributed by atoms with Crippen molar-refractivity contribution < 1.29 is 9.53 Å². The van der Waals surface area contributed by atoms with Crippen LogP contribution in [0.4, 0.5) is 5.69 Å². The Hall–Kier alpha value is -1.13. The lowest BCUT2D eigenvalue weighted by Gasteiger charge is -2.21. The van der Waals surface area contributed by atoms with E-state index in [1.807, 2.05) is 6.92 Å². The van der Waals surface area contributed by atoms with Crippen LogP contribution in [0.2, 0.25) is 5.02 Å². The van der Waals surface area contributed by atoms with Gasteiger partial charge in [0.25, 0.3) is 0 Å². The lowest BCUT2D eigenvalue weighted by molar-refractivity contribution is -0.123. The predicted octanol–water partition coefficient (Wildman–Crippen LogP) is 2.41. The molecule has 4 nitrogen and oxygen atoms in total. The molecule has 0 radical (unpaired) electrons. The number of nitrogens with zero attached hydrogens (tertiary/aromatic N) is 1. The Morgan fingerprint density at radius 3 is 3.18 bits per heavy atom. The van der Waals surface area contributed by atoms with Gasteiger partial charge in [0, 0.05) is 12.8 Å². The second-order valence-electron chi connectivity index (χ2n) is 4.16. The van der Waals surface area contributed by atoms with Crippen LogP contribution in [0.5, 0.6) is 0 Å². The molecule has 17 heavy (non-hydrogen) atoms. The molecule has 92 valence electrons. The van der Waals surface area contributed by atoms with E-state index < -0.39 is 0 Å². The molecule has 1 aliphatic heterocycles. The van der Waals surface area contributed by atoms with E-state index in [0.717, 1.165) is 19.4 Å². The van der Waals surface area contributed by atoms with Crippen LogP contribution in [-0.2, 0) is 9.53 Å². The van der Waals surface area contributed by atoms with Crippen LogP contribution in [-0.4, -0.2) is 24.1 Å². The van der Waals surface area contributed by atoms with Crippen LogP contribution < -0.4 is 5.32 Å². The number of ether oxygens (including phenoxy) is 1. The van der Waals surface area contributed by atoms with Gasteiger partial charge in [-0.1, -0.05) is 11.6 Å². The lowest BCUT2D eigenvalue weighted by atomic mass is 10.0. The number of anilines is 1. The number of aryl methyl sites for hydroxylation is 1. The Balaban J connectivity index is 2.04. The number of nitrogens with one attached hydrogen (secondary N) is 1. The molecule has 0 spiro atoms. The Morgan fingerprint density at radius 1 is 1.65 bits per heavy atom. The number of amides is 1. The third-order valence-corrected chi connectivity index (χ3v) is 3.33. The van der Waals surface area contributed by atoms with Gasteiger partial charge in [-0.15, -0.1) is 0 Å². The summed E-state index contributed by atoms with van der Waals surface area (Å²) in [4.78, 5) is 16.0. The summed E-state index contributed by atoms with van der Waals surface area (Å²) in [6, 6.07) is 1.71. The molecule has 1 fully saturated rings. The van der Waals surface area contributed by atoms with Crippen molar-refractivity contribution in [3.05, 3.63) is 23.0 Å². The van der Waals surface area contributed by atoms with Gasteiger partial charge in [0.2, 0.25) is 5.91 Å². The second kappa shape index (κ2) is 5.47. The van der Waals surface area contributed by atoms with Gasteiger partial charge in [-0.05, 0) is 25.8 Å². The Morgan fingerprint density at radius 2 is 2.47 bits per heavy atom. The van der Waals surface area contributed by atoms with Gasteiger partial charge in [-0.2, -0.15) is 0 Å². The molecule has 5 heteroatoms. The average Bonchev–Trinajstić information content (AvgIpc) is 2.36. The van der Waals surface area contributed by atoms with Crippen molar-refractivity contribution in [3.8, 4) is 0 Å². The summed E-state index contributed by atoms with van der Waals surface area (Å²) in [5, 5.41) is 3.33. The van der Waals surface area contributed by atoms with Gasteiger partial charge in [0.15, 0.2) is 0 Å². The van der Waals surface area contributed by atoms with Gasteiger partial charge >= 0.3 is 0 Å². The molecule has 0 bridgehead atoms. The van der Waals surface area contributed by atoms with Crippen LogP contribution in [0.25, 0.3) is 0 Å². The molecule has 1 saturated heterocycles. The van der Waals surface area contributed by atoms with E-state index in [4.69, 9.17) is 16.3 Å². The number of pyridine rings is 1. The summed E-state index contributed by atoms with van der Waals surface area (Å²) in [7, 11) is 0. The molecule has 1 aliphatic rings. The normalized spacial score (nSPS) is 20.0. The zero-order valence-electron chi connectivity index (χ0n) is 9.70. The first kappa shape index (κ1) is 12.3. The van der Waals surface area contributed by atoms with E-state index in [9.17, 15) is 4.79 Å². The molecule has 2 rings (SSSR count). The standard InChI is InChI=1S/C12H15ClN2O2/c1-8-11(13)10(4-5-14-8)15-12(16)9-3-2-6-17-7-9/h4-5,9H,2-3,6-7H2,1H3,(H,14,15,16). The molecule has 1 unspecified atom stereocenters. The summed E-state index contributed by atoms with van der Waals surface area (Å²) < 4.78 is 5.29. The molecule has 1 amide bonds. The zero-order chi connectivity index (χ0) is 12.3. The van der Waals surface area contributed by atoms with Gasteiger partial charge in [-0.25, -0.2) is 0 Å². The van der Waals surface area contributed by atoms with Crippen molar-refractivity contribution in [2.24, 2.45) is 5.92 Å². The third kappa shape index (κ3) is 2.96. The minimum absolute atomic E-state index is 0.0304. The van der Waals surface area contributed by atoms with E-state index in [1.165, 1.54) is 0 Å². The monoisotopic (exact) mass is 254 g/mol. The average molecular weight is 255 g/mol. The molecule has 1 aromatic rings. The molecule has 2 heterocycles. The highest BCUT2D eigenvalue weighted by Gasteiger charge is 2.22. The molecule has 0 saturated carbocycles. The maximum atomic E-state index is 12.0. The third-order valence-electron chi connectivity index (χ3n) is 2.85. The number of hydrogen-bond donors (Lipinski definition) is 1. The molecule has 1 atom stereocenters. The van der Waals surface area contributed by atoms with Crippen molar-refractivity contribution in [1.82, 2.24) is 4.98 Å². The molecule has 0 aromatic carbocycles. The molecule has 0 aliphatic carbocycles. The van der Waals surface area contributed by atoms with E-state index >= 15 is 0 Å². The van der Waals surface area contributed by atoms with Gasteiger partial charge in [0.1, 0.15) is 0 Å². The minimum Gasteiger partial charge on any atom is -0.381 e. The van der Waals surface area contributed by atoms with Crippen molar-refractivity contribution in [2.45, 2.75) is 19.8 Å². The molecule has 1 aromatic heterocycles. The minimum atomic E-state index is -0.0757. The lowest BCUT2D eigenvalue weighted by Crippen LogP contribution is -2.30. The molecule has 1 N–H and O–H groups in total. The van der Waals surface area contributed by atoms with E-state index in [0.29, 0.717) is 23.0 Å². The maximum absolute atomic E-state index is 12.0. The Kier molecular flexibility index (Phi) is 3.97. The number of carbonyl (C=O) groups is 1. The fourth-order valence-corrected chi connectivity index (χ4v) is 1.99. The fraction of sp³-hybridized carbons (Fsp3) is 0.500. The van der Waals surface area contributed by atoms with Crippen molar-refractivity contribution in [2.75, 3.05) is 18.5 Å². The van der Waals surface area contributed by atoms with E-state index in [-0.39, 0.29) is 11.8 Å². The number of rotatable bonds is 2. The highest BCUT2D eigenvalue weighted by molar-refractivity contribution is 6.34. The van der Waals surface area contributed by atoms with E-state index in [1.54, 1.807) is 12.3 Å². The first-order chi connectivity index (χ1) is 8.18. The highest BCUT2D eigenvalue weighted by Crippen LogP contribution is 2.24. The van der Waals surface area contributed by atoms with E-state index in [2.05, 4.69) is 10.3 Å². The van der Waals surface area contributed by atoms with Gasteiger partial charge in [0.05, 0.1) is 28.9 Å². The summed E-state index contributed by atoms with van der Waals surface area (Å²) in [5.41, 5.74) is 1.33. The topological polar surface area (TPSA) is 51.2 Å². The van der Waals surface area contributed by atoms with Crippen molar-refractivity contribution >= 4 is 23.2 Å².